The van der Waals surface area contributed by atoms with Crippen molar-refractivity contribution in [3.63, 3.8) is 0 Å². The van der Waals surface area contributed by atoms with Gasteiger partial charge in [-0.25, -0.2) is 4.68 Å². The third-order valence-electron chi connectivity index (χ3n) is 4.07. The number of hydrogen-bond acceptors (Lipinski definition) is 6. The van der Waals surface area contributed by atoms with Crippen LogP contribution in [-0.2, 0) is 6.61 Å². The van der Waals surface area contributed by atoms with E-state index in [9.17, 15) is 4.79 Å². The maximum Gasteiger partial charge on any atom is 0.251 e. The van der Waals surface area contributed by atoms with Crippen LogP contribution in [0, 0.1) is 0 Å². The summed E-state index contributed by atoms with van der Waals surface area (Å²) < 4.78 is 7.50. The molecule has 1 saturated heterocycles. The van der Waals surface area contributed by atoms with Gasteiger partial charge in [0, 0.05) is 11.6 Å². The summed E-state index contributed by atoms with van der Waals surface area (Å²) in [5.74, 6) is 3.46. The molecule has 0 unspecified atom stereocenters. The van der Waals surface area contributed by atoms with Gasteiger partial charge in [-0.2, -0.15) is 11.8 Å². The van der Waals surface area contributed by atoms with Gasteiger partial charge in [0.15, 0.2) is 5.82 Å². The van der Waals surface area contributed by atoms with Crippen LogP contribution in [0.1, 0.15) is 48.9 Å². The Balaban J connectivity index is 1.60. The predicted molar refractivity (Wildman–Crippen MR) is 96.8 cm³/mol. The minimum atomic E-state index is -0.0469. The molecule has 2 aromatic rings. The number of carbonyl (C=O) groups excluding carboxylic acids is 1. The molecule has 8 heteroatoms. The normalized spacial score (nSPS) is 15.3. The summed E-state index contributed by atoms with van der Waals surface area (Å²) in [6.07, 6.45) is 2.06. The molecule has 3 rings (SSSR count). The number of nitrogens with one attached hydrogen (secondary N) is 1. The second kappa shape index (κ2) is 8.33. The van der Waals surface area contributed by atoms with Crippen molar-refractivity contribution < 1.29 is 9.53 Å². The molecule has 0 radical (unpaired) electrons. The lowest BCUT2D eigenvalue weighted by molar-refractivity contribution is 0.0934. The molecule has 0 atom stereocenters. The first-order valence-electron chi connectivity index (χ1n) is 8.51. The van der Waals surface area contributed by atoms with Crippen molar-refractivity contribution in [2.75, 3.05) is 11.5 Å². The number of thioether (sulfide) groups is 1. The average Bonchev–Trinajstić information content (AvgIpc) is 3.10. The first-order chi connectivity index (χ1) is 12.1. The predicted octanol–water partition coefficient (Wildman–Crippen LogP) is 2.46. The monoisotopic (exact) mass is 361 g/mol. The second-order valence-corrected chi connectivity index (χ2v) is 7.53. The van der Waals surface area contributed by atoms with Crippen LogP contribution in [0.4, 0.5) is 0 Å². The molecule has 1 fully saturated rings. The average molecular weight is 361 g/mol. The van der Waals surface area contributed by atoms with E-state index in [1.807, 2.05) is 37.7 Å². The summed E-state index contributed by atoms with van der Waals surface area (Å²) in [7, 11) is 0. The molecule has 1 aromatic heterocycles. The van der Waals surface area contributed by atoms with Crippen LogP contribution in [0.2, 0.25) is 0 Å². The van der Waals surface area contributed by atoms with Gasteiger partial charge in [-0.05, 0) is 66.8 Å². The van der Waals surface area contributed by atoms with Gasteiger partial charge in [-0.3, -0.25) is 4.79 Å². The van der Waals surface area contributed by atoms with Gasteiger partial charge in [-0.1, -0.05) is 6.07 Å². The van der Waals surface area contributed by atoms with Gasteiger partial charge in [0.05, 0.1) is 6.04 Å². The molecule has 0 spiro atoms. The Bertz CT molecular complexity index is 713. The standard InChI is InChI=1S/C17H23N5O2S/c1-12(2)22-16(19-20-21-22)11-24-15-5-3-4-13(10-15)17(23)18-14-6-8-25-9-7-14/h3-5,10,12,14H,6-9,11H2,1-2H3,(H,18,23). The third kappa shape index (κ3) is 4.72. The lowest BCUT2D eigenvalue weighted by Gasteiger charge is -2.22. The molecular formula is C17H23N5O2S. The Labute approximate surface area is 151 Å². The highest BCUT2D eigenvalue weighted by Gasteiger charge is 2.17. The minimum Gasteiger partial charge on any atom is -0.486 e. The third-order valence-corrected chi connectivity index (χ3v) is 5.12. The first kappa shape index (κ1) is 17.7. The molecule has 1 aliphatic rings. The van der Waals surface area contributed by atoms with Crippen molar-refractivity contribution in [1.82, 2.24) is 25.5 Å². The zero-order valence-corrected chi connectivity index (χ0v) is 15.3. The van der Waals surface area contributed by atoms with Crippen molar-refractivity contribution >= 4 is 17.7 Å². The molecule has 0 aliphatic carbocycles. The summed E-state index contributed by atoms with van der Waals surface area (Å²) in [5, 5.41) is 14.7. The molecule has 1 N–H and O–H groups in total. The summed E-state index contributed by atoms with van der Waals surface area (Å²) in [6, 6.07) is 7.66. The van der Waals surface area contributed by atoms with E-state index in [0.29, 0.717) is 17.1 Å². The molecule has 0 bridgehead atoms. The van der Waals surface area contributed by atoms with Crippen molar-refractivity contribution in [1.29, 1.82) is 0 Å². The number of nitrogens with zero attached hydrogens (tertiary/aromatic N) is 4. The highest BCUT2D eigenvalue weighted by molar-refractivity contribution is 7.99. The number of aromatic nitrogens is 4. The number of tetrazole rings is 1. The molecule has 1 aromatic carbocycles. The van der Waals surface area contributed by atoms with Crippen LogP contribution in [-0.4, -0.2) is 43.7 Å². The highest BCUT2D eigenvalue weighted by Crippen LogP contribution is 2.19. The van der Waals surface area contributed by atoms with Crippen molar-refractivity contribution in [2.24, 2.45) is 0 Å². The van der Waals surface area contributed by atoms with E-state index >= 15 is 0 Å². The summed E-state index contributed by atoms with van der Waals surface area (Å²) in [4.78, 5) is 12.4. The number of amides is 1. The minimum absolute atomic E-state index is 0.0469. The maximum atomic E-state index is 12.4. The van der Waals surface area contributed by atoms with Gasteiger partial charge in [-0.15, -0.1) is 5.10 Å². The highest BCUT2D eigenvalue weighted by atomic mass is 32.2. The summed E-state index contributed by atoms with van der Waals surface area (Å²) in [6.45, 7) is 4.28. The fourth-order valence-corrected chi connectivity index (χ4v) is 3.80. The lowest BCUT2D eigenvalue weighted by Crippen LogP contribution is -2.37. The fourth-order valence-electron chi connectivity index (χ4n) is 2.69. The fraction of sp³-hybridized carbons (Fsp3) is 0.529. The molecular weight excluding hydrogens is 338 g/mol. The van der Waals surface area contributed by atoms with Gasteiger partial charge in [0.25, 0.3) is 5.91 Å². The Hall–Kier alpha value is -2.09. The van der Waals surface area contributed by atoms with E-state index in [-0.39, 0.29) is 24.6 Å². The van der Waals surface area contributed by atoms with E-state index in [4.69, 9.17) is 4.74 Å². The number of benzene rings is 1. The number of rotatable bonds is 6. The first-order valence-corrected chi connectivity index (χ1v) is 9.67. The van der Waals surface area contributed by atoms with Gasteiger partial charge in [0.1, 0.15) is 12.4 Å². The largest absolute Gasteiger partial charge is 0.486 e. The van der Waals surface area contributed by atoms with Crippen LogP contribution in [0.3, 0.4) is 0 Å². The van der Waals surface area contributed by atoms with E-state index in [1.165, 1.54) is 0 Å². The zero-order chi connectivity index (χ0) is 17.6. The van der Waals surface area contributed by atoms with E-state index < -0.39 is 0 Å². The second-order valence-electron chi connectivity index (χ2n) is 6.31. The van der Waals surface area contributed by atoms with Crippen molar-refractivity contribution in [3.8, 4) is 5.75 Å². The topological polar surface area (TPSA) is 81.9 Å². The summed E-state index contributed by atoms with van der Waals surface area (Å²) >= 11 is 1.94. The van der Waals surface area contributed by atoms with Gasteiger partial charge >= 0.3 is 0 Å². The van der Waals surface area contributed by atoms with Crippen LogP contribution in [0.25, 0.3) is 0 Å². The summed E-state index contributed by atoms with van der Waals surface area (Å²) in [5.41, 5.74) is 0.610. The van der Waals surface area contributed by atoms with Crippen molar-refractivity contribution in [2.45, 2.75) is 45.4 Å². The number of ether oxygens (including phenoxy) is 1. The van der Waals surface area contributed by atoms with Crippen LogP contribution < -0.4 is 10.1 Å². The van der Waals surface area contributed by atoms with Crippen LogP contribution in [0.5, 0.6) is 5.75 Å². The molecule has 1 aliphatic heterocycles. The van der Waals surface area contributed by atoms with E-state index in [1.54, 1.807) is 16.8 Å². The van der Waals surface area contributed by atoms with E-state index in [2.05, 4.69) is 20.8 Å². The van der Waals surface area contributed by atoms with Gasteiger partial charge in [0.2, 0.25) is 0 Å². The smallest absolute Gasteiger partial charge is 0.251 e. The zero-order valence-electron chi connectivity index (χ0n) is 14.5. The SMILES string of the molecule is CC(C)n1nnnc1COc1cccc(C(=O)NC2CCSCC2)c1. The Morgan fingerprint density at radius 1 is 1.40 bits per heavy atom. The molecule has 7 nitrogen and oxygen atoms in total. The van der Waals surface area contributed by atoms with Gasteiger partial charge < -0.3 is 10.1 Å². The molecule has 0 saturated carbocycles. The maximum absolute atomic E-state index is 12.4. The lowest BCUT2D eigenvalue weighted by atomic mass is 10.1. The molecule has 134 valence electrons. The van der Waals surface area contributed by atoms with Crippen LogP contribution >= 0.6 is 11.8 Å². The molecule has 25 heavy (non-hydrogen) atoms. The molecule has 1 amide bonds. The Kier molecular flexibility index (Phi) is 5.91. The Morgan fingerprint density at radius 3 is 2.96 bits per heavy atom. The quantitative estimate of drug-likeness (QED) is 0.851. The Morgan fingerprint density at radius 2 is 2.20 bits per heavy atom. The number of hydrogen-bond donors (Lipinski definition) is 1. The van der Waals surface area contributed by atoms with Crippen molar-refractivity contribution in [3.05, 3.63) is 35.7 Å². The van der Waals surface area contributed by atoms with Crippen LogP contribution in [0.15, 0.2) is 24.3 Å². The molecule has 2 heterocycles. The number of carbonyl (C=O) groups is 1. The van der Waals surface area contributed by atoms with E-state index in [0.717, 1.165) is 24.3 Å².